The SMILES string of the molecule is O=C(/C=C/c1ccc(-c2ccccc2F)o1)N[C@@H]1CCOc2ccccc21. The number of hydrogen-bond donors (Lipinski definition) is 1. The van der Waals surface area contributed by atoms with E-state index in [2.05, 4.69) is 5.32 Å². The van der Waals surface area contributed by atoms with Crippen LogP contribution in [0.2, 0.25) is 0 Å². The molecule has 0 fully saturated rings. The smallest absolute Gasteiger partial charge is 0.244 e. The van der Waals surface area contributed by atoms with E-state index in [9.17, 15) is 9.18 Å². The van der Waals surface area contributed by atoms with E-state index in [0.717, 1.165) is 17.7 Å². The minimum Gasteiger partial charge on any atom is -0.493 e. The second kappa shape index (κ2) is 7.50. The largest absolute Gasteiger partial charge is 0.493 e. The molecule has 0 radical (unpaired) electrons. The number of carbonyl (C=O) groups is 1. The van der Waals surface area contributed by atoms with Gasteiger partial charge in [-0.1, -0.05) is 30.3 Å². The summed E-state index contributed by atoms with van der Waals surface area (Å²) in [4.78, 5) is 12.3. The molecule has 136 valence electrons. The molecule has 3 aromatic rings. The van der Waals surface area contributed by atoms with Crippen LogP contribution in [0.4, 0.5) is 4.39 Å². The molecule has 1 aromatic heterocycles. The van der Waals surface area contributed by atoms with E-state index < -0.39 is 0 Å². The normalized spacial score (nSPS) is 16.0. The summed E-state index contributed by atoms with van der Waals surface area (Å²) in [5.74, 6) is 1.14. The van der Waals surface area contributed by atoms with Crippen molar-refractivity contribution in [1.82, 2.24) is 5.32 Å². The van der Waals surface area contributed by atoms with E-state index >= 15 is 0 Å². The highest BCUT2D eigenvalue weighted by atomic mass is 19.1. The van der Waals surface area contributed by atoms with Gasteiger partial charge in [-0.15, -0.1) is 0 Å². The maximum atomic E-state index is 13.8. The van der Waals surface area contributed by atoms with Crippen LogP contribution >= 0.6 is 0 Å². The number of ether oxygens (including phenoxy) is 1. The Balaban J connectivity index is 1.44. The van der Waals surface area contributed by atoms with Gasteiger partial charge in [-0.25, -0.2) is 4.39 Å². The summed E-state index contributed by atoms with van der Waals surface area (Å²) < 4.78 is 25.1. The second-order valence-electron chi connectivity index (χ2n) is 6.25. The summed E-state index contributed by atoms with van der Waals surface area (Å²) in [7, 11) is 0. The lowest BCUT2D eigenvalue weighted by atomic mass is 10.0. The van der Waals surface area contributed by atoms with Gasteiger partial charge in [0, 0.05) is 18.1 Å². The first kappa shape index (κ1) is 17.1. The molecule has 1 amide bonds. The Bertz CT molecular complexity index is 992. The molecule has 1 N–H and O–H groups in total. The highest BCUT2D eigenvalue weighted by Gasteiger charge is 2.21. The fraction of sp³-hybridized carbons (Fsp3) is 0.136. The van der Waals surface area contributed by atoms with Gasteiger partial charge in [0.25, 0.3) is 0 Å². The Morgan fingerprint density at radius 2 is 1.89 bits per heavy atom. The lowest BCUT2D eigenvalue weighted by Gasteiger charge is -2.26. The van der Waals surface area contributed by atoms with Gasteiger partial charge >= 0.3 is 0 Å². The van der Waals surface area contributed by atoms with Crippen LogP contribution < -0.4 is 10.1 Å². The van der Waals surface area contributed by atoms with Crippen molar-refractivity contribution in [3.8, 4) is 17.1 Å². The number of carbonyl (C=O) groups excluding carboxylic acids is 1. The number of amides is 1. The highest BCUT2D eigenvalue weighted by Crippen LogP contribution is 2.31. The number of hydrogen-bond acceptors (Lipinski definition) is 3. The summed E-state index contributed by atoms with van der Waals surface area (Å²) in [6, 6.07) is 17.4. The van der Waals surface area contributed by atoms with Crippen molar-refractivity contribution < 1.29 is 18.3 Å². The van der Waals surface area contributed by atoms with Crippen molar-refractivity contribution in [2.75, 3.05) is 6.61 Å². The van der Waals surface area contributed by atoms with Crippen molar-refractivity contribution in [3.05, 3.63) is 83.9 Å². The Morgan fingerprint density at radius 3 is 2.78 bits per heavy atom. The maximum absolute atomic E-state index is 13.8. The number of fused-ring (bicyclic) bond motifs is 1. The molecule has 0 bridgehead atoms. The minimum atomic E-state index is -0.349. The summed E-state index contributed by atoms with van der Waals surface area (Å²) >= 11 is 0. The predicted octanol–water partition coefficient (Wildman–Crippen LogP) is 4.74. The van der Waals surface area contributed by atoms with Crippen molar-refractivity contribution in [1.29, 1.82) is 0 Å². The molecule has 0 spiro atoms. The number of nitrogens with one attached hydrogen (secondary N) is 1. The molecule has 4 rings (SSSR count). The molecule has 2 aromatic carbocycles. The monoisotopic (exact) mass is 363 g/mol. The highest BCUT2D eigenvalue weighted by molar-refractivity contribution is 5.91. The zero-order valence-corrected chi connectivity index (χ0v) is 14.5. The molecule has 5 heteroatoms. The Kier molecular flexibility index (Phi) is 4.75. The molecule has 1 aliphatic heterocycles. The fourth-order valence-corrected chi connectivity index (χ4v) is 3.12. The van der Waals surface area contributed by atoms with E-state index in [-0.39, 0.29) is 17.8 Å². The number of halogens is 1. The van der Waals surface area contributed by atoms with E-state index in [1.54, 1.807) is 36.4 Å². The predicted molar refractivity (Wildman–Crippen MR) is 101 cm³/mol. The summed E-state index contributed by atoms with van der Waals surface area (Å²) in [5.41, 5.74) is 1.37. The first-order valence-corrected chi connectivity index (χ1v) is 8.76. The fourth-order valence-electron chi connectivity index (χ4n) is 3.12. The van der Waals surface area contributed by atoms with Crippen LogP contribution in [0, 0.1) is 5.82 Å². The van der Waals surface area contributed by atoms with E-state index in [1.165, 1.54) is 12.1 Å². The average Bonchev–Trinajstić information content (AvgIpc) is 3.16. The molecule has 0 saturated carbocycles. The van der Waals surface area contributed by atoms with Crippen LogP contribution in [-0.4, -0.2) is 12.5 Å². The molecule has 0 aliphatic carbocycles. The number of rotatable bonds is 4. The zero-order chi connectivity index (χ0) is 18.6. The lowest BCUT2D eigenvalue weighted by Crippen LogP contribution is -2.30. The van der Waals surface area contributed by atoms with Crippen LogP contribution in [0.3, 0.4) is 0 Å². The van der Waals surface area contributed by atoms with Gasteiger partial charge in [0.1, 0.15) is 23.1 Å². The molecular weight excluding hydrogens is 345 g/mol. The van der Waals surface area contributed by atoms with Crippen LogP contribution in [0.1, 0.15) is 23.8 Å². The van der Waals surface area contributed by atoms with Gasteiger partial charge in [0.15, 0.2) is 0 Å². The number of benzene rings is 2. The standard InChI is InChI=1S/C22H18FNO3/c23-18-7-3-1-5-16(18)21-11-9-15(27-21)10-12-22(25)24-19-13-14-26-20-8-4-2-6-17(19)20/h1-12,19H,13-14H2,(H,24,25)/b12-10+/t19-/m1/s1. The maximum Gasteiger partial charge on any atom is 0.244 e. The first-order valence-electron chi connectivity index (χ1n) is 8.76. The van der Waals surface area contributed by atoms with E-state index in [1.807, 2.05) is 24.3 Å². The Labute approximate surface area is 156 Å². The van der Waals surface area contributed by atoms with Crippen molar-refractivity contribution in [2.45, 2.75) is 12.5 Å². The van der Waals surface area contributed by atoms with Crippen molar-refractivity contribution in [2.24, 2.45) is 0 Å². The van der Waals surface area contributed by atoms with Gasteiger partial charge in [0.2, 0.25) is 5.91 Å². The van der Waals surface area contributed by atoms with Crippen LogP contribution in [-0.2, 0) is 4.79 Å². The van der Waals surface area contributed by atoms with E-state index in [0.29, 0.717) is 23.7 Å². The number of furan rings is 1. The van der Waals surface area contributed by atoms with Crippen molar-refractivity contribution >= 4 is 12.0 Å². The quantitative estimate of drug-likeness (QED) is 0.681. The Morgan fingerprint density at radius 1 is 1.07 bits per heavy atom. The van der Waals surface area contributed by atoms with Gasteiger partial charge in [0.05, 0.1) is 18.2 Å². The average molecular weight is 363 g/mol. The lowest BCUT2D eigenvalue weighted by molar-refractivity contribution is -0.117. The third-order valence-electron chi connectivity index (χ3n) is 4.44. The number of para-hydroxylation sites is 1. The summed E-state index contributed by atoms with van der Waals surface area (Å²) in [6.45, 7) is 0.565. The second-order valence-corrected chi connectivity index (χ2v) is 6.25. The Hall–Kier alpha value is -3.34. The van der Waals surface area contributed by atoms with Crippen LogP contribution in [0.5, 0.6) is 5.75 Å². The third-order valence-corrected chi connectivity index (χ3v) is 4.44. The van der Waals surface area contributed by atoms with Crippen LogP contribution in [0.25, 0.3) is 17.4 Å². The molecule has 0 unspecified atom stereocenters. The van der Waals surface area contributed by atoms with Crippen molar-refractivity contribution in [3.63, 3.8) is 0 Å². The minimum absolute atomic E-state index is 0.0855. The van der Waals surface area contributed by atoms with Gasteiger partial charge < -0.3 is 14.5 Å². The molecule has 0 saturated heterocycles. The molecule has 27 heavy (non-hydrogen) atoms. The molecule has 1 aliphatic rings. The molecule has 1 atom stereocenters. The van der Waals surface area contributed by atoms with Gasteiger partial charge in [-0.2, -0.15) is 0 Å². The topological polar surface area (TPSA) is 51.5 Å². The molecular formula is C22H18FNO3. The molecule has 2 heterocycles. The van der Waals surface area contributed by atoms with Crippen LogP contribution in [0.15, 0.2) is 71.2 Å². The zero-order valence-electron chi connectivity index (χ0n) is 14.5. The summed E-state index contributed by atoms with van der Waals surface area (Å²) in [6.07, 6.45) is 3.71. The summed E-state index contributed by atoms with van der Waals surface area (Å²) in [5, 5.41) is 2.99. The molecule has 4 nitrogen and oxygen atoms in total. The van der Waals surface area contributed by atoms with E-state index in [4.69, 9.17) is 9.15 Å². The first-order chi connectivity index (χ1) is 13.2. The third kappa shape index (κ3) is 3.77. The van der Waals surface area contributed by atoms with Gasteiger partial charge in [-0.3, -0.25) is 4.79 Å². The van der Waals surface area contributed by atoms with Gasteiger partial charge in [-0.05, 0) is 36.4 Å².